The number of phenols is 1. The number of phenolic OH excluding ortho intramolecular Hbond substituents is 1. The van der Waals surface area contributed by atoms with Gasteiger partial charge >= 0.3 is 12.1 Å². The van der Waals surface area contributed by atoms with E-state index in [-0.39, 0.29) is 30.2 Å². The van der Waals surface area contributed by atoms with Crippen molar-refractivity contribution in [3.63, 3.8) is 0 Å². The van der Waals surface area contributed by atoms with Crippen LogP contribution in [0.5, 0.6) is 11.5 Å². The van der Waals surface area contributed by atoms with E-state index < -0.39 is 17.7 Å². The number of anilines is 1. The lowest BCUT2D eigenvalue weighted by Crippen LogP contribution is -2.37. The number of rotatable bonds is 10. The van der Waals surface area contributed by atoms with Crippen molar-refractivity contribution in [2.75, 3.05) is 26.0 Å². The number of carboxylic acids is 1. The number of carbonyl (C=O) groups is 3. The van der Waals surface area contributed by atoms with Gasteiger partial charge < -0.3 is 29.9 Å². The average molecular weight is 485 g/mol. The van der Waals surface area contributed by atoms with Crippen molar-refractivity contribution < 1.29 is 34.1 Å². The van der Waals surface area contributed by atoms with Crippen molar-refractivity contribution in [1.82, 2.24) is 4.90 Å². The molecule has 0 aliphatic heterocycles. The molecular formula is C26H32N2O7. The number of carboxylic acid groups (broad SMARTS) is 1. The molecule has 3 N–H and O–H groups in total. The van der Waals surface area contributed by atoms with Crippen LogP contribution < -0.4 is 10.1 Å². The highest BCUT2D eigenvalue weighted by Crippen LogP contribution is 2.31. The summed E-state index contributed by atoms with van der Waals surface area (Å²) in [6, 6.07) is 7.93. The highest BCUT2D eigenvalue weighted by atomic mass is 16.6. The number of hydrogen-bond donors (Lipinski definition) is 3. The second-order valence-corrected chi connectivity index (χ2v) is 8.77. The molecular weight excluding hydrogens is 452 g/mol. The zero-order chi connectivity index (χ0) is 26.2. The van der Waals surface area contributed by atoms with E-state index in [1.54, 1.807) is 58.2 Å². The van der Waals surface area contributed by atoms with Crippen LogP contribution in [0.3, 0.4) is 0 Å². The fraction of sp³-hybridized carbons (Fsp3) is 0.346. The van der Waals surface area contributed by atoms with Gasteiger partial charge in [-0.3, -0.25) is 4.79 Å². The third kappa shape index (κ3) is 7.49. The Bertz CT molecular complexity index is 1100. The van der Waals surface area contributed by atoms with Crippen molar-refractivity contribution in [2.24, 2.45) is 0 Å². The highest BCUT2D eigenvalue weighted by molar-refractivity contribution is 5.91. The quantitative estimate of drug-likeness (QED) is 0.258. The van der Waals surface area contributed by atoms with Crippen LogP contribution in [0.1, 0.15) is 47.8 Å². The van der Waals surface area contributed by atoms with Gasteiger partial charge in [-0.05, 0) is 68.7 Å². The van der Waals surface area contributed by atoms with E-state index in [0.29, 0.717) is 29.5 Å². The second-order valence-electron chi connectivity index (χ2n) is 8.77. The maximum Gasteiger partial charge on any atom is 0.410 e. The monoisotopic (exact) mass is 484 g/mol. The molecule has 0 radical (unpaired) electrons. The minimum Gasteiger partial charge on any atom is -0.506 e. The van der Waals surface area contributed by atoms with Crippen LogP contribution in [-0.4, -0.2) is 59.8 Å². The third-order valence-corrected chi connectivity index (χ3v) is 5.08. The summed E-state index contributed by atoms with van der Waals surface area (Å²) in [6.07, 6.45) is 3.45. The summed E-state index contributed by atoms with van der Waals surface area (Å²) < 4.78 is 10.8. The van der Waals surface area contributed by atoms with Gasteiger partial charge in [-0.15, -0.1) is 0 Å². The molecule has 0 aliphatic rings. The Morgan fingerprint density at radius 1 is 1.17 bits per heavy atom. The molecule has 9 heteroatoms. The predicted molar refractivity (Wildman–Crippen MR) is 133 cm³/mol. The molecule has 1 amide bonds. The number of hydrogen-bond acceptors (Lipinski definition) is 7. The molecule has 2 aromatic carbocycles. The topological polar surface area (TPSA) is 125 Å². The van der Waals surface area contributed by atoms with E-state index in [9.17, 15) is 24.6 Å². The number of aldehydes is 1. The van der Waals surface area contributed by atoms with Gasteiger partial charge in [-0.2, -0.15) is 0 Å². The van der Waals surface area contributed by atoms with Gasteiger partial charge in [-0.1, -0.05) is 12.1 Å². The number of carbonyl (C=O) groups excluding carboxylic acids is 2. The summed E-state index contributed by atoms with van der Waals surface area (Å²) in [6.45, 7) is 5.73. The molecule has 0 aliphatic carbocycles. The van der Waals surface area contributed by atoms with Crippen molar-refractivity contribution in [3.8, 4) is 11.5 Å². The van der Waals surface area contributed by atoms with Crippen molar-refractivity contribution in [1.29, 1.82) is 0 Å². The number of amides is 1. The average Bonchev–Trinajstić information content (AvgIpc) is 2.79. The Balaban J connectivity index is 2.38. The SMILES string of the molecule is CNc1c(O)ccc(CCN(Cc2ccc(C(=O)O)c(OC)c2)C(=O)OC(C)(C)C)c1/C=C\C=O. The van der Waals surface area contributed by atoms with E-state index >= 15 is 0 Å². The summed E-state index contributed by atoms with van der Waals surface area (Å²) >= 11 is 0. The lowest BCUT2D eigenvalue weighted by atomic mass is 10.0. The van der Waals surface area contributed by atoms with Gasteiger partial charge in [0.2, 0.25) is 0 Å². The minimum absolute atomic E-state index is 0.0235. The third-order valence-electron chi connectivity index (χ3n) is 5.08. The van der Waals surface area contributed by atoms with E-state index in [2.05, 4.69) is 5.32 Å². The first-order valence-corrected chi connectivity index (χ1v) is 11.0. The van der Waals surface area contributed by atoms with Gasteiger partial charge in [0.15, 0.2) is 0 Å². The number of allylic oxidation sites excluding steroid dienone is 1. The fourth-order valence-electron chi connectivity index (χ4n) is 3.51. The smallest absolute Gasteiger partial charge is 0.410 e. The Kier molecular flexibility index (Phi) is 9.27. The molecule has 0 saturated carbocycles. The maximum absolute atomic E-state index is 13.0. The Labute approximate surface area is 205 Å². The lowest BCUT2D eigenvalue weighted by molar-refractivity contribution is -0.104. The molecule has 0 heterocycles. The summed E-state index contributed by atoms with van der Waals surface area (Å²) in [7, 11) is 3.05. The summed E-state index contributed by atoms with van der Waals surface area (Å²) in [5.74, 6) is -0.880. The van der Waals surface area contributed by atoms with E-state index in [1.807, 2.05) is 0 Å². The first-order valence-electron chi connectivity index (χ1n) is 11.0. The van der Waals surface area contributed by atoms with Crippen LogP contribution >= 0.6 is 0 Å². The van der Waals surface area contributed by atoms with Crippen LogP contribution in [0.25, 0.3) is 6.08 Å². The van der Waals surface area contributed by atoms with E-state index in [0.717, 1.165) is 5.56 Å². The van der Waals surface area contributed by atoms with Gasteiger partial charge in [-0.25, -0.2) is 9.59 Å². The molecule has 0 spiro atoms. The van der Waals surface area contributed by atoms with Crippen LogP contribution in [0.4, 0.5) is 10.5 Å². The zero-order valence-electron chi connectivity index (χ0n) is 20.6. The minimum atomic E-state index is -1.11. The molecule has 0 atom stereocenters. The van der Waals surface area contributed by atoms with E-state index in [4.69, 9.17) is 9.47 Å². The number of nitrogens with zero attached hydrogens (tertiary/aromatic N) is 1. The molecule has 0 fully saturated rings. The fourth-order valence-corrected chi connectivity index (χ4v) is 3.51. The standard InChI is InChI=1S/C26H32N2O7/c1-26(2,3)35-25(33)28(16-17-8-10-20(24(31)32)22(15-17)34-5)13-12-18-9-11-21(30)23(27-4)19(18)7-6-14-29/h6-11,14-15,27,30H,12-13,16H2,1-5H3,(H,31,32)/b7-6-. The molecule has 188 valence electrons. The lowest BCUT2D eigenvalue weighted by Gasteiger charge is -2.28. The largest absolute Gasteiger partial charge is 0.506 e. The summed E-state index contributed by atoms with van der Waals surface area (Å²) in [5.41, 5.74) is 1.89. The number of ether oxygens (including phenoxy) is 2. The van der Waals surface area contributed by atoms with E-state index in [1.165, 1.54) is 24.2 Å². The Morgan fingerprint density at radius 3 is 2.46 bits per heavy atom. The number of aromatic carboxylic acids is 1. The van der Waals surface area contributed by atoms with Crippen molar-refractivity contribution in [3.05, 3.63) is 58.7 Å². The molecule has 9 nitrogen and oxygen atoms in total. The first kappa shape index (κ1) is 27.2. The van der Waals surface area contributed by atoms with Crippen LogP contribution in [0.15, 0.2) is 36.4 Å². The summed E-state index contributed by atoms with van der Waals surface area (Å²) in [5, 5.41) is 22.5. The van der Waals surface area contributed by atoms with Crippen molar-refractivity contribution in [2.45, 2.75) is 39.3 Å². The van der Waals surface area contributed by atoms with Crippen LogP contribution in [0.2, 0.25) is 0 Å². The molecule has 0 saturated heterocycles. The molecule has 2 rings (SSSR count). The van der Waals surface area contributed by atoms with Gasteiger partial charge in [0, 0.05) is 25.7 Å². The first-order chi connectivity index (χ1) is 16.5. The number of methoxy groups -OCH3 is 1. The number of nitrogens with one attached hydrogen (secondary N) is 1. The highest BCUT2D eigenvalue weighted by Gasteiger charge is 2.23. The number of aromatic hydroxyl groups is 1. The second kappa shape index (κ2) is 11.9. The molecule has 0 aromatic heterocycles. The van der Waals surface area contributed by atoms with Gasteiger partial charge in [0.1, 0.15) is 28.9 Å². The van der Waals surface area contributed by atoms with Crippen molar-refractivity contribution >= 4 is 30.1 Å². The van der Waals surface area contributed by atoms with Crippen LogP contribution in [0, 0.1) is 0 Å². The van der Waals surface area contributed by atoms with Gasteiger partial charge in [0.25, 0.3) is 0 Å². The van der Waals surface area contributed by atoms with Crippen LogP contribution in [-0.2, 0) is 22.5 Å². The predicted octanol–water partition coefficient (Wildman–Crippen LogP) is 4.33. The zero-order valence-corrected chi connectivity index (χ0v) is 20.6. The normalized spacial score (nSPS) is 11.2. The molecule has 35 heavy (non-hydrogen) atoms. The van der Waals surface area contributed by atoms with Gasteiger partial charge in [0.05, 0.1) is 12.8 Å². The maximum atomic E-state index is 13.0. The molecule has 0 bridgehead atoms. The summed E-state index contributed by atoms with van der Waals surface area (Å²) in [4.78, 5) is 36.8. The number of benzene rings is 2. The molecule has 0 unspecified atom stereocenters. The molecule has 2 aromatic rings. The Morgan fingerprint density at radius 2 is 1.89 bits per heavy atom. The Hall–Kier alpha value is -4.01.